The fraction of sp³-hybridized carbons (Fsp3) is 0.524. The first kappa shape index (κ1) is 16.4. The van der Waals surface area contributed by atoms with Gasteiger partial charge in [-0.1, -0.05) is 6.08 Å². The van der Waals surface area contributed by atoms with E-state index in [2.05, 4.69) is 17.2 Å². The summed E-state index contributed by atoms with van der Waals surface area (Å²) in [5, 5.41) is 5.87. The van der Waals surface area contributed by atoms with Crippen LogP contribution in [-0.4, -0.2) is 18.4 Å². The van der Waals surface area contributed by atoms with E-state index in [4.69, 9.17) is 0 Å². The third kappa shape index (κ3) is 3.10. The number of carbonyl (C=O) groups is 2. The van der Waals surface area contributed by atoms with Crippen molar-refractivity contribution in [3.05, 3.63) is 42.5 Å². The lowest BCUT2D eigenvalue weighted by atomic mass is 9.49. The Bertz CT molecular complexity index is 657. The average molecular weight is 338 g/mol. The van der Waals surface area contributed by atoms with E-state index in [0.29, 0.717) is 12.1 Å². The quantitative estimate of drug-likeness (QED) is 0.803. The summed E-state index contributed by atoms with van der Waals surface area (Å²) in [5.41, 5.74) is 1.23. The molecule has 4 bridgehead atoms. The predicted molar refractivity (Wildman–Crippen MR) is 98.2 cm³/mol. The van der Waals surface area contributed by atoms with Gasteiger partial charge in [-0.05, 0) is 80.5 Å². The Morgan fingerprint density at radius 2 is 1.60 bits per heavy atom. The Labute approximate surface area is 149 Å². The molecular weight excluding hydrogens is 312 g/mol. The van der Waals surface area contributed by atoms with Gasteiger partial charge in [0, 0.05) is 17.8 Å². The van der Waals surface area contributed by atoms with Crippen molar-refractivity contribution >= 4 is 17.5 Å². The first-order valence-electron chi connectivity index (χ1n) is 9.38. The standard InChI is InChI=1S/C21H26N2O2/c1-2-7-22-19(24)17-3-5-18(6-4-17)23-20(25)21-11-14-8-15(12-21)10-16(9-14)13-21/h2-6,14-16H,1,7-13H2,(H,22,24)(H,23,25). The molecule has 132 valence electrons. The van der Waals surface area contributed by atoms with Gasteiger partial charge in [0.1, 0.15) is 0 Å². The highest BCUT2D eigenvalue weighted by atomic mass is 16.2. The molecule has 4 nitrogen and oxygen atoms in total. The summed E-state index contributed by atoms with van der Waals surface area (Å²) in [4.78, 5) is 24.9. The lowest BCUT2D eigenvalue weighted by Crippen LogP contribution is -2.51. The number of carbonyl (C=O) groups excluding carboxylic acids is 2. The maximum Gasteiger partial charge on any atom is 0.251 e. The maximum absolute atomic E-state index is 13.0. The van der Waals surface area contributed by atoms with Crippen molar-refractivity contribution in [2.24, 2.45) is 23.2 Å². The summed E-state index contributed by atoms with van der Waals surface area (Å²) in [5.74, 6) is 2.34. The molecule has 1 aromatic rings. The zero-order valence-corrected chi connectivity index (χ0v) is 14.6. The molecule has 2 N–H and O–H groups in total. The number of amides is 2. The zero-order valence-electron chi connectivity index (χ0n) is 14.6. The van der Waals surface area contributed by atoms with Gasteiger partial charge in [0.15, 0.2) is 0 Å². The van der Waals surface area contributed by atoms with Crippen LogP contribution in [-0.2, 0) is 4.79 Å². The van der Waals surface area contributed by atoms with Crippen LogP contribution in [0, 0.1) is 23.2 Å². The third-order valence-electron chi connectivity index (χ3n) is 6.33. The van der Waals surface area contributed by atoms with E-state index in [-0.39, 0.29) is 17.2 Å². The summed E-state index contributed by atoms with van der Waals surface area (Å²) in [6.07, 6.45) is 8.84. The minimum atomic E-state index is -0.144. The van der Waals surface area contributed by atoms with E-state index in [1.54, 1.807) is 18.2 Å². The molecule has 25 heavy (non-hydrogen) atoms. The van der Waals surface area contributed by atoms with Crippen LogP contribution in [0.1, 0.15) is 48.9 Å². The maximum atomic E-state index is 13.0. The molecule has 0 aliphatic heterocycles. The molecule has 2 amide bonds. The van der Waals surface area contributed by atoms with Crippen LogP contribution in [0.15, 0.2) is 36.9 Å². The van der Waals surface area contributed by atoms with Crippen LogP contribution in [0.5, 0.6) is 0 Å². The monoisotopic (exact) mass is 338 g/mol. The number of benzene rings is 1. The molecule has 0 heterocycles. The molecule has 0 atom stereocenters. The fourth-order valence-corrected chi connectivity index (χ4v) is 5.62. The Balaban J connectivity index is 1.43. The Morgan fingerprint density at radius 3 is 2.12 bits per heavy atom. The predicted octanol–water partition coefficient (Wildman–Crippen LogP) is 3.76. The van der Waals surface area contributed by atoms with E-state index in [9.17, 15) is 9.59 Å². The van der Waals surface area contributed by atoms with Crippen LogP contribution < -0.4 is 10.6 Å². The molecule has 0 radical (unpaired) electrons. The van der Waals surface area contributed by atoms with Gasteiger partial charge < -0.3 is 10.6 Å². The molecule has 0 unspecified atom stereocenters. The lowest BCUT2D eigenvalue weighted by molar-refractivity contribution is -0.140. The van der Waals surface area contributed by atoms with Crippen LogP contribution in [0.2, 0.25) is 0 Å². The fourth-order valence-electron chi connectivity index (χ4n) is 5.62. The second-order valence-electron chi connectivity index (χ2n) is 8.23. The summed E-state index contributed by atoms with van der Waals surface area (Å²) < 4.78 is 0. The van der Waals surface area contributed by atoms with Gasteiger partial charge in [0.05, 0.1) is 5.41 Å². The van der Waals surface area contributed by atoms with Gasteiger partial charge in [-0.2, -0.15) is 0 Å². The highest BCUT2D eigenvalue weighted by Crippen LogP contribution is 2.60. The topological polar surface area (TPSA) is 58.2 Å². The van der Waals surface area contributed by atoms with Gasteiger partial charge in [-0.3, -0.25) is 9.59 Å². The largest absolute Gasteiger partial charge is 0.349 e. The van der Waals surface area contributed by atoms with Crippen LogP contribution in [0.4, 0.5) is 5.69 Å². The van der Waals surface area contributed by atoms with Crippen molar-refractivity contribution in [2.45, 2.75) is 38.5 Å². The third-order valence-corrected chi connectivity index (χ3v) is 6.33. The van der Waals surface area contributed by atoms with Crippen LogP contribution >= 0.6 is 0 Å². The summed E-state index contributed by atoms with van der Waals surface area (Å²) >= 11 is 0. The molecule has 0 saturated heterocycles. The van der Waals surface area contributed by atoms with Crippen molar-refractivity contribution in [2.75, 3.05) is 11.9 Å². The molecule has 1 aromatic carbocycles. The van der Waals surface area contributed by atoms with E-state index < -0.39 is 0 Å². The van der Waals surface area contributed by atoms with Crippen molar-refractivity contribution in [3.63, 3.8) is 0 Å². The minimum Gasteiger partial charge on any atom is -0.349 e. The summed E-state index contributed by atoms with van der Waals surface area (Å²) in [6.45, 7) is 4.04. The second kappa shape index (κ2) is 6.32. The van der Waals surface area contributed by atoms with Crippen molar-refractivity contribution in [1.29, 1.82) is 0 Å². The summed E-state index contributed by atoms with van der Waals surface area (Å²) in [6, 6.07) is 7.16. The Morgan fingerprint density at radius 1 is 1.04 bits per heavy atom. The molecule has 4 aliphatic rings. The Hall–Kier alpha value is -2.10. The number of anilines is 1. The summed E-state index contributed by atoms with van der Waals surface area (Å²) in [7, 11) is 0. The van der Waals surface area contributed by atoms with E-state index in [1.165, 1.54) is 19.3 Å². The molecule has 4 heteroatoms. The van der Waals surface area contributed by atoms with Crippen molar-refractivity contribution in [3.8, 4) is 0 Å². The normalized spacial score (nSPS) is 32.2. The lowest BCUT2D eigenvalue weighted by Gasteiger charge is -2.55. The highest BCUT2D eigenvalue weighted by Gasteiger charge is 2.54. The van der Waals surface area contributed by atoms with E-state index in [0.717, 1.165) is 42.7 Å². The van der Waals surface area contributed by atoms with Gasteiger partial charge in [0.25, 0.3) is 5.91 Å². The molecule has 4 aliphatic carbocycles. The van der Waals surface area contributed by atoms with Gasteiger partial charge in [-0.15, -0.1) is 6.58 Å². The first-order chi connectivity index (χ1) is 12.1. The van der Waals surface area contributed by atoms with Gasteiger partial charge in [0.2, 0.25) is 5.91 Å². The number of rotatable bonds is 5. The smallest absolute Gasteiger partial charge is 0.251 e. The van der Waals surface area contributed by atoms with Crippen molar-refractivity contribution in [1.82, 2.24) is 5.32 Å². The number of nitrogens with one attached hydrogen (secondary N) is 2. The van der Waals surface area contributed by atoms with Gasteiger partial charge in [-0.25, -0.2) is 0 Å². The molecule has 4 saturated carbocycles. The number of hydrogen-bond donors (Lipinski definition) is 2. The SMILES string of the molecule is C=CCNC(=O)c1ccc(NC(=O)C23CC4CC(CC(C4)C2)C3)cc1. The molecule has 4 fully saturated rings. The molecular formula is C21H26N2O2. The van der Waals surface area contributed by atoms with Gasteiger partial charge >= 0.3 is 0 Å². The van der Waals surface area contributed by atoms with Crippen LogP contribution in [0.25, 0.3) is 0 Å². The second-order valence-corrected chi connectivity index (χ2v) is 8.23. The van der Waals surface area contributed by atoms with Crippen LogP contribution in [0.3, 0.4) is 0 Å². The van der Waals surface area contributed by atoms with Crippen molar-refractivity contribution < 1.29 is 9.59 Å². The molecule has 0 spiro atoms. The Kier molecular flexibility index (Phi) is 4.14. The first-order valence-corrected chi connectivity index (χ1v) is 9.38. The zero-order chi connectivity index (χ0) is 17.4. The average Bonchev–Trinajstić information content (AvgIpc) is 2.59. The highest BCUT2D eigenvalue weighted by molar-refractivity contribution is 5.97. The molecule has 0 aromatic heterocycles. The molecule has 5 rings (SSSR count). The van der Waals surface area contributed by atoms with E-state index >= 15 is 0 Å². The minimum absolute atomic E-state index is 0.126. The number of hydrogen-bond acceptors (Lipinski definition) is 2. The van der Waals surface area contributed by atoms with E-state index in [1.807, 2.05) is 12.1 Å².